The van der Waals surface area contributed by atoms with Crippen molar-refractivity contribution in [2.45, 2.75) is 39.7 Å². The fourth-order valence-electron chi connectivity index (χ4n) is 3.25. The van der Waals surface area contributed by atoms with Gasteiger partial charge in [-0.15, -0.1) is 0 Å². The minimum atomic E-state index is 0.302. The van der Waals surface area contributed by atoms with Crippen LogP contribution in [0.2, 0.25) is 0 Å². The zero-order chi connectivity index (χ0) is 12.5. The Labute approximate surface area is 106 Å². The van der Waals surface area contributed by atoms with Crippen LogP contribution in [-0.4, -0.2) is 49.8 Å². The van der Waals surface area contributed by atoms with Crippen LogP contribution in [0.5, 0.6) is 0 Å². The van der Waals surface area contributed by atoms with E-state index < -0.39 is 0 Å². The minimum absolute atomic E-state index is 0.302. The van der Waals surface area contributed by atoms with E-state index in [0.29, 0.717) is 11.0 Å². The Hall–Kier alpha value is -0.120. The van der Waals surface area contributed by atoms with Crippen LogP contribution in [0.15, 0.2) is 0 Å². The predicted molar refractivity (Wildman–Crippen MR) is 71.2 cm³/mol. The van der Waals surface area contributed by atoms with Crippen LogP contribution < -0.4 is 5.32 Å². The highest BCUT2D eigenvalue weighted by molar-refractivity contribution is 4.97. The molecule has 0 aromatic heterocycles. The zero-order valence-corrected chi connectivity index (χ0v) is 11.9. The van der Waals surface area contributed by atoms with Crippen LogP contribution in [0.3, 0.4) is 0 Å². The molecule has 0 aliphatic carbocycles. The van der Waals surface area contributed by atoms with E-state index in [1.807, 2.05) is 0 Å². The molecular weight excluding hydrogens is 212 g/mol. The molecule has 0 aromatic carbocycles. The molecule has 2 rings (SSSR count). The van der Waals surface area contributed by atoms with Gasteiger partial charge >= 0.3 is 0 Å². The molecular formula is C14H28N2O. The monoisotopic (exact) mass is 240 g/mol. The molecule has 2 aliphatic rings. The third-order valence-corrected chi connectivity index (χ3v) is 4.76. The second-order valence-electron chi connectivity index (χ2n) is 6.74. The maximum Gasteiger partial charge on any atom is 0.0547 e. The van der Waals surface area contributed by atoms with E-state index in [2.05, 4.69) is 37.9 Å². The molecule has 0 radical (unpaired) electrons. The second kappa shape index (κ2) is 4.87. The highest BCUT2D eigenvalue weighted by Gasteiger charge is 2.46. The SMILES string of the molecule is CC(C)C1(CC(C)(C)N2CCNCC2)COC1. The Balaban J connectivity index is 1.99. The fourth-order valence-corrected chi connectivity index (χ4v) is 3.25. The molecule has 0 unspecified atom stereocenters. The Bertz CT molecular complexity index is 253. The first-order chi connectivity index (χ1) is 7.96. The summed E-state index contributed by atoms with van der Waals surface area (Å²) in [6.07, 6.45) is 1.26. The summed E-state index contributed by atoms with van der Waals surface area (Å²) in [5.41, 5.74) is 0.727. The summed E-state index contributed by atoms with van der Waals surface area (Å²) < 4.78 is 5.50. The van der Waals surface area contributed by atoms with E-state index in [9.17, 15) is 0 Å². The van der Waals surface area contributed by atoms with Crippen molar-refractivity contribution in [1.29, 1.82) is 0 Å². The molecule has 0 saturated carbocycles. The molecule has 0 amide bonds. The van der Waals surface area contributed by atoms with Crippen LogP contribution in [0, 0.1) is 11.3 Å². The van der Waals surface area contributed by atoms with E-state index in [-0.39, 0.29) is 0 Å². The number of nitrogens with one attached hydrogen (secondary N) is 1. The second-order valence-corrected chi connectivity index (χ2v) is 6.74. The summed E-state index contributed by atoms with van der Waals surface area (Å²) in [6.45, 7) is 16.0. The van der Waals surface area contributed by atoms with E-state index in [1.54, 1.807) is 0 Å². The van der Waals surface area contributed by atoms with Crippen molar-refractivity contribution in [3.8, 4) is 0 Å². The third kappa shape index (κ3) is 2.67. The molecule has 0 spiro atoms. The molecule has 0 atom stereocenters. The summed E-state index contributed by atoms with van der Waals surface area (Å²) >= 11 is 0. The number of hydrogen-bond donors (Lipinski definition) is 1. The van der Waals surface area contributed by atoms with Gasteiger partial charge in [-0.1, -0.05) is 13.8 Å². The predicted octanol–water partition coefficient (Wildman–Crippen LogP) is 1.73. The van der Waals surface area contributed by atoms with Crippen molar-refractivity contribution in [3.05, 3.63) is 0 Å². The van der Waals surface area contributed by atoms with E-state index >= 15 is 0 Å². The van der Waals surface area contributed by atoms with Gasteiger partial charge in [0.2, 0.25) is 0 Å². The van der Waals surface area contributed by atoms with Gasteiger partial charge in [-0.2, -0.15) is 0 Å². The van der Waals surface area contributed by atoms with Crippen LogP contribution in [0.25, 0.3) is 0 Å². The maximum absolute atomic E-state index is 5.50. The molecule has 100 valence electrons. The van der Waals surface area contributed by atoms with Gasteiger partial charge in [0.1, 0.15) is 0 Å². The molecule has 2 aliphatic heterocycles. The average molecular weight is 240 g/mol. The zero-order valence-electron chi connectivity index (χ0n) is 11.9. The number of piperazine rings is 1. The Kier molecular flexibility index (Phi) is 3.81. The lowest BCUT2D eigenvalue weighted by atomic mass is 9.67. The molecule has 3 heteroatoms. The van der Waals surface area contributed by atoms with E-state index in [4.69, 9.17) is 4.74 Å². The van der Waals surface area contributed by atoms with Crippen molar-refractivity contribution in [2.24, 2.45) is 11.3 Å². The number of rotatable bonds is 4. The van der Waals surface area contributed by atoms with Crippen LogP contribution in [0.1, 0.15) is 34.1 Å². The van der Waals surface area contributed by atoms with Gasteiger partial charge in [0.05, 0.1) is 13.2 Å². The summed E-state index contributed by atoms with van der Waals surface area (Å²) in [5.74, 6) is 0.721. The van der Waals surface area contributed by atoms with Gasteiger partial charge in [-0.25, -0.2) is 0 Å². The first kappa shape index (κ1) is 13.3. The summed E-state index contributed by atoms with van der Waals surface area (Å²) in [4.78, 5) is 2.64. The normalized spacial score (nSPS) is 25.9. The third-order valence-electron chi connectivity index (χ3n) is 4.76. The maximum atomic E-state index is 5.50. The molecule has 1 N–H and O–H groups in total. The lowest BCUT2D eigenvalue weighted by Gasteiger charge is -2.52. The van der Waals surface area contributed by atoms with Gasteiger partial charge in [-0.05, 0) is 26.2 Å². The molecule has 17 heavy (non-hydrogen) atoms. The topological polar surface area (TPSA) is 24.5 Å². The smallest absolute Gasteiger partial charge is 0.0547 e. The van der Waals surface area contributed by atoms with Crippen LogP contribution in [-0.2, 0) is 4.74 Å². The van der Waals surface area contributed by atoms with Gasteiger partial charge in [0.25, 0.3) is 0 Å². The molecule has 0 bridgehead atoms. The van der Waals surface area contributed by atoms with Crippen molar-refractivity contribution >= 4 is 0 Å². The molecule has 2 saturated heterocycles. The summed E-state index contributed by atoms with van der Waals surface area (Å²) in [6, 6.07) is 0. The molecule has 3 nitrogen and oxygen atoms in total. The molecule has 2 heterocycles. The average Bonchev–Trinajstić information content (AvgIpc) is 2.24. The van der Waals surface area contributed by atoms with Gasteiger partial charge in [0.15, 0.2) is 0 Å². The number of ether oxygens (including phenoxy) is 1. The van der Waals surface area contributed by atoms with E-state index in [0.717, 1.165) is 32.2 Å². The first-order valence-corrected chi connectivity index (χ1v) is 7.00. The summed E-state index contributed by atoms with van der Waals surface area (Å²) in [5, 5.41) is 3.43. The number of nitrogens with zero attached hydrogens (tertiary/aromatic N) is 1. The van der Waals surface area contributed by atoms with Gasteiger partial charge in [-0.3, -0.25) is 4.90 Å². The molecule has 2 fully saturated rings. The van der Waals surface area contributed by atoms with Crippen LogP contribution >= 0.6 is 0 Å². The Morgan fingerprint density at radius 1 is 1.24 bits per heavy atom. The van der Waals surface area contributed by atoms with Crippen molar-refractivity contribution < 1.29 is 4.74 Å². The standard InChI is InChI=1S/C14H28N2O/c1-12(2)14(10-17-11-14)9-13(3,4)16-7-5-15-6-8-16/h12,15H,5-11H2,1-4H3. The first-order valence-electron chi connectivity index (χ1n) is 7.00. The largest absolute Gasteiger partial charge is 0.380 e. The lowest BCUT2D eigenvalue weighted by molar-refractivity contribution is -0.161. The van der Waals surface area contributed by atoms with Crippen LogP contribution in [0.4, 0.5) is 0 Å². The Morgan fingerprint density at radius 2 is 1.82 bits per heavy atom. The van der Waals surface area contributed by atoms with Crippen molar-refractivity contribution in [2.75, 3.05) is 39.4 Å². The highest BCUT2D eigenvalue weighted by atomic mass is 16.5. The summed E-state index contributed by atoms with van der Waals surface area (Å²) in [7, 11) is 0. The molecule has 0 aromatic rings. The van der Waals surface area contributed by atoms with Crippen molar-refractivity contribution in [3.63, 3.8) is 0 Å². The highest BCUT2D eigenvalue weighted by Crippen LogP contribution is 2.44. The number of hydrogen-bond acceptors (Lipinski definition) is 3. The minimum Gasteiger partial charge on any atom is -0.380 e. The lowest BCUT2D eigenvalue weighted by Crippen LogP contribution is -2.59. The van der Waals surface area contributed by atoms with Crippen molar-refractivity contribution in [1.82, 2.24) is 10.2 Å². The quantitative estimate of drug-likeness (QED) is 0.810. The fraction of sp³-hybridized carbons (Fsp3) is 1.00. The van der Waals surface area contributed by atoms with Gasteiger partial charge < -0.3 is 10.1 Å². The van der Waals surface area contributed by atoms with E-state index in [1.165, 1.54) is 19.5 Å². The van der Waals surface area contributed by atoms with Gasteiger partial charge in [0, 0.05) is 37.1 Å². The Morgan fingerprint density at radius 3 is 2.24 bits per heavy atom.